The molecule has 1 aromatic carbocycles. The maximum Gasteiger partial charge on any atom is 0.241 e. The summed E-state index contributed by atoms with van der Waals surface area (Å²) in [6.07, 6.45) is 2.12. The van der Waals surface area contributed by atoms with E-state index in [1.807, 2.05) is 13.8 Å². The van der Waals surface area contributed by atoms with Crippen LogP contribution >= 0.6 is 12.4 Å². The van der Waals surface area contributed by atoms with Crippen molar-refractivity contribution in [2.24, 2.45) is 0 Å². The molecule has 1 aliphatic rings. The van der Waals surface area contributed by atoms with Gasteiger partial charge >= 0.3 is 0 Å². The zero-order chi connectivity index (χ0) is 17.6. The highest BCUT2D eigenvalue weighted by molar-refractivity contribution is 7.93. The summed E-state index contributed by atoms with van der Waals surface area (Å²) in [5, 5.41) is 5.90. The van der Waals surface area contributed by atoms with E-state index in [-0.39, 0.29) is 24.6 Å². The van der Waals surface area contributed by atoms with Gasteiger partial charge in [-0.3, -0.25) is 9.52 Å². The number of carbonyl (C=O) groups is 1. The van der Waals surface area contributed by atoms with Crippen molar-refractivity contribution in [1.82, 2.24) is 10.6 Å². The molecule has 0 spiro atoms. The van der Waals surface area contributed by atoms with Crippen LogP contribution in [0, 0.1) is 0 Å². The van der Waals surface area contributed by atoms with E-state index in [1.165, 1.54) is 0 Å². The van der Waals surface area contributed by atoms with Gasteiger partial charge in [0.2, 0.25) is 15.9 Å². The molecule has 0 bridgehead atoms. The van der Waals surface area contributed by atoms with Crippen molar-refractivity contribution >= 4 is 34.0 Å². The lowest BCUT2D eigenvalue weighted by Crippen LogP contribution is -2.40. The Hall–Kier alpha value is -1.51. The van der Waals surface area contributed by atoms with Crippen molar-refractivity contribution < 1.29 is 17.9 Å². The summed E-state index contributed by atoms with van der Waals surface area (Å²) in [5.74, 6) is -0.435. The summed E-state index contributed by atoms with van der Waals surface area (Å²) in [7, 11) is -3.74. The molecule has 1 heterocycles. The predicted molar refractivity (Wildman–Crippen MR) is 101 cm³/mol. The van der Waals surface area contributed by atoms with Crippen molar-refractivity contribution in [3.63, 3.8) is 0 Å². The third-order valence-electron chi connectivity index (χ3n) is 3.53. The Morgan fingerprint density at radius 2 is 2.00 bits per heavy atom. The third kappa shape index (κ3) is 7.94. The van der Waals surface area contributed by atoms with Crippen LogP contribution in [0.5, 0.6) is 5.75 Å². The lowest BCUT2D eigenvalue weighted by atomic mass is 10.2. The molecule has 3 N–H and O–H groups in total. The lowest BCUT2D eigenvalue weighted by Gasteiger charge is -2.13. The molecule has 142 valence electrons. The van der Waals surface area contributed by atoms with Gasteiger partial charge in [0, 0.05) is 18.3 Å². The van der Waals surface area contributed by atoms with Gasteiger partial charge in [-0.1, -0.05) is 0 Å². The first-order valence-electron chi connectivity index (χ1n) is 8.11. The van der Waals surface area contributed by atoms with E-state index in [1.54, 1.807) is 24.3 Å². The topological polar surface area (TPSA) is 96.5 Å². The number of carbonyl (C=O) groups excluding carboxylic acids is 1. The number of anilines is 1. The first-order valence-corrected chi connectivity index (χ1v) is 9.76. The van der Waals surface area contributed by atoms with Crippen LogP contribution in [0.3, 0.4) is 0 Å². The molecule has 2 rings (SSSR count). The highest BCUT2D eigenvalue weighted by Crippen LogP contribution is 2.17. The summed E-state index contributed by atoms with van der Waals surface area (Å²) in [4.78, 5) is 11.8. The Labute approximate surface area is 155 Å². The van der Waals surface area contributed by atoms with Crippen molar-refractivity contribution in [1.29, 1.82) is 0 Å². The van der Waals surface area contributed by atoms with Gasteiger partial charge in [0.15, 0.2) is 0 Å². The second-order valence-electron chi connectivity index (χ2n) is 6.15. The highest BCUT2D eigenvalue weighted by atomic mass is 35.5. The Morgan fingerprint density at radius 3 is 2.56 bits per heavy atom. The molecule has 0 radical (unpaired) electrons. The van der Waals surface area contributed by atoms with Gasteiger partial charge in [0.25, 0.3) is 0 Å². The zero-order valence-electron chi connectivity index (χ0n) is 14.4. The van der Waals surface area contributed by atoms with E-state index >= 15 is 0 Å². The van der Waals surface area contributed by atoms with Gasteiger partial charge < -0.3 is 15.4 Å². The predicted octanol–water partition coefficient (Wildman–Crippen LogP) is 1.51. The minimum absolute atomic E-state index is 0. The smallest absolute Gasteiger partial charge is 0.241 e. The van der Waals surface area contributed by atoms with Gasteiger partial charge in [-0.2, -0.15) is 0 Å². The molecule has 25 heavy (non-hydrogen) atoms. The maximum absolute atomic E-state index is 12.1. The molecule has 1 atom stereocenters. The number of benzene rings is 1. The van der Waals surface area contributed by atoms with Crippen LogP contribution in [0.25, 0.3) is 0 Å². The van der Waals surface area contributed by atoms with Crippen molar-refractivity contribution in [2.45, 2.75) is 38.8 Å². The number of amides is 1. The molecule has 1 unspecified atom stereocenters. The molecule has 1 aliphatic heterocycles. The summed E-state index contributed by atoms with van der Waals surface area (Å²) < 4.78 is 32.0. The number of nitrogens with one attached hydrogen (secondary N) is 3. The Balaban J connectivity index is 0.00000312. The number of halogens is 1. The summed E-state index contributed by atoms with van der Waals surface area (Å²) in [6.45, 7) is 5.22. The fourth-order valence-corrected chi connectivity index (χ4v) is 3.50. The van der Waals surface area contributed by atoms with Crippen LogP contribution in [0.4, 0.5) is 5.69 Å². The number of sulfonamides is 1. The monoisotopic (exact) mass is 391 g/mol. The third-order valence-corrected chi connectivity index (χ3v) is 4.72. The second kappa shape index (κ2) is 9.84. The number of ether oxygens (including phenoxy) is 1. The maximum atomic E-state index is 12.1. The summed E-state index contributed by atoms with van der Waals surface area (Å²) >= 11 is 0. The molecule has 1 fully saturated rings. The number of hydrogen-bond donors (Lipinski definition) is 3. The first-order chi connectivity index (χ1) is 11.3. The molecule has 1 saturated heterocycles. The van der Waals surface area contributed by atoms with Gasteiger partial charge in [-0.05, 0) is 57.5 Å². The fraction of sp³-hybridized carbons (Fsp3) is 0.562. The van der Waals surface area contributed by atoms with E-state index in [9.17, 15) is 13.2 Å². The first kappa shape index (κ1) is 21.5. The molecule has 0 aliphatic carbocycles. The normalized spacial score (nSPS) is 17.0. The standard InChI is InChI=1S/C16H25N3O4S.ClH/c1-12(2)23-15-7-5-13(6-8-15)19-24(21,22)11-16(20)18-10-14-4-3-9-17-14;/h5-8,12,14,17,19H,3-4,9-11H2,1-2H3,(H,18,20);1H. The van der Waals surface area contributed by atoms with E-state index in [0.717, 1.165) is 19.4 Å². The zero-order valence-corrected chi connectivity index (χ0v) is 16.1. The molecule has 7 nitrogen and oxygen atoms in total. The molecular weight excluding hydrogens is 366 g/mol. The fourth-order valence-electron chi connectivity index (χ4n) is 2.48. The molecule has 9 heteroatoms. The average Bonchev–Trinajstić information content (AvgIpc) is 2.99. The van der Waals surface area contributed by atoms with E-state index < -0.39 is 21.7 Å². The Morgan fingerprint density at radius 1 is 1.32 bits per heavy atom. The van der Waals surface area contributed by atoms with E-state index in [2.05, 4.69) is 15.4 Å². The molecular formula is C16H26ClN3O4S. The molecule has 0 saturated carbocycles. The van der Waals surface area contributed by atoms with E-state index in [4.69, 9.17) is 4.74 Å². The average molecular weight is 392 g/mol. The molecule has 0 aromatic heterocycles. The van der Waals surface area contributed by atoms with Gasteiger partial charge in [-0.25, -0.2) is 8.42 Å². The summed E-state index contributed by atoms with van der Waals surface area (Å²) in [6, 6.07) is 6.82. The lowest BCUT2D eigenvalue weighted by molar-refractivity contribution is -0.118. The highest BCUT2D eigenvalue weighted by Gasteiger charge is 2.19. The summed E-state index contributed by atoms with van der Waals surface area (Å²) in [5.41, 5.74) is 0.399. The van der Waals surface area contributed by atoms with Crippen LogP contribution in [-0.4, -0.2) is 45.3 Å². The molecule has 1 aromatic rings. The van der Waals surface area contributed by atoms with Crippen LogP contribution in [0.15, 0.2) is 24.3 Å². The Bertz CT molecular complexity index is 644. The van der Waals surface area contributed by atoms with Crippen LogP contribution in [0.2, 0.25) is 0 Å². The van der Waals surface area contributed by atoms with Crippen molar-refractivity contribution in [3.05, 3.63) is 24.3 Å². The van der Waals surface area contributed by atoms with Crippen LogP contribution in [-0.2, 0) is 14.8 Å². The SMILES string of the molecule is CC(C)Oc1ccc(NS(=O)(=O)CC(=O)NCC2CCCN2)cc1.Cl. The minimum atomic E-state index is -3.74. The van der Waals surface area contributed by atoms with Gasteiger partial charge in [-0.15, -0.1) is 12.4 Å². The number of hydrogen-bond acceptors (Lipinski definition) is 5. The van der Waals surface area contributed by atoms with Crippen LogP contribution < -0.4 is 20.1 Å². The van der Waals surface area contributed by atoms with Crippen molar-refractivity contribution in [2.75, 3.05) is 23.6 Å². The van der Waals surface area contributed by atoms with Crippen LogP contribution in [0.1, 0.15) is 26.7 Å². The van der Waals surface area contributed by atoms with Gasteiger partial charge in [0.05, 0.1) is 6.10 Å². The molecule has 1 amide bonds. The quantitative estimate of drug-likeness (QED) is 0.624. The largest absolute Gasteiger partial charge is 0.491 e. The number of rotatable bonds is 8. The minimum Gasteiger partial charge on any atom is -0.491 e. The van der Waals surface area contributed by atoms with Gasteiger partial charge in [0.1, 0.15) is 11.5 Å². The Kier molecular flexibility index (Phi) is 8.47. The van der Waals surface area contributed by atoms with E-state index in [0.29, 0.717) is 18.0 Å². The second-order valence-corrected chi connectivity index (χ2v) is 7.87. The van der Waals surface area contributed by atoms with Crippen molar-refractivity contribution in [3.8, 4) is 5.75 Å².